The normalized spacial score (nSPS) is 39.1. The Morgan fingerprint density at radius 1 is 0.979 bits per heavy atom. The Hall–Kier alpha value is -1.75. The Morgan fingerprint density at radius 2 is 1.75 bits per heavy atom. The SMILES string of the molecule is COC1CCC([Si](C)(C)[C@H]2[C@H](CC(=O)N3CCC[C@H]3CO)O[C@@]3(C(=O)N(CC4CCCC(N5CCC5=O)C4)C4=C3CCCC4)[C@@H]2C)CC1. The van der Waals surface area contributed by atoms with E-state index in [1.165, 1.54) is 11.3 Å². The second kappa shape index (κ2) is 13.8. The lowest BCUT2D eigenvalue weighted by Gasteiger charge is -2.45. The Bertz CT molecular complexity index is 1280. The number of nitrogens with zero attached hydrogens (tertiary/aromatic N) is 3. The minimum atomic E-state index is -2.07. The summed E-state index contributed by atoms with van der Waals surface area (Å²) in [6.07, 6.45) is 15.4. The van der Waals surface area contributed by atoms with Gasteiger partial charge in [0.2, 0.25) is 11.8 Å². The van der Waals surface area contributed by atoms with Crippen molar-refractivity contribution in [3.63, 3.8) is 0 Å². The van der Waals surface area contributed by atoms with E-state index >= 15 is 4.79 Å². The van der Waals surface area contributed by atoms with Crippen molar-refractivity contribution >= 4 is 25.8 Å². The molecular weight excluding hydrogens is 623 g/mol. The molecule has 3 saturated heterocycles. The minimum Gasteiger partial charge on any atom is -0.394 e. The van der Waals surface area contributed by atoms with Crippen LogP contribution in [0.25, 0.3) is 0 Å². The highest BCUT2D eigenvalue weighted by atomic mass is 28.3. The molecule has 3 aliphatic carbocycles. The number of allylic oxidation sites excluding steroid dienone is 1. The lowest BCUT2D eigenvalue weighted by atomic mass is 9.78. The first kappa shape index (κ1) is 34.7. The Balaban J connectivity index is 1.19. The maximum atomic E-state index is 15.2. The molecule has 4 aliphatic heterocycles. The molecule has 1 spiro atoms. The van der Waals surface area contributed by atoms with Gasteiger partial charge in [-0.15, -0.1) is 0 Å². The predicted molar refractivity (Wildman–Crippen MR) is 187 cm³/mol. The number of carbonyl (C=O) groups is 3. The van der Waals surface area contributed by atoms with Gasteiger partial charge in [-0.25, -0.2) is 0 Å². The second-order valence-electron chi connectivity index (χ2n) is 17.1. The number of fused-ring (bicyclic) bond motifs is 1. The number of amides is 3. The second-order valence-corrected chi connectivity index (χ2v) is 22.2. The van der Waals surface area contributed by atoms with Gasteiger partial charge in [0.1, 0.15) is 0 Å². The van der Waals surface area contributed by atoms with Gasteiger partial charge in [0, 0.05) is 50.8 Å². The zero-order valence-electron chi connectivity index (χ0n) is 30.1. The molecule has 1 N–H and O–H groups in total. The molecule has 7 aliphatic rings. The largest absolute Gasteiger partial charge is 0.394 e. The zero-order valence-corrected chi connectivity index (χ0v) is 31.1. The third-order valence-electron chi connectivity index (χ3n) is 14.4. The van der Waals surface area contributed by atoms with E-state index in [0.717, 1.165) is 103 Å². The molecule has 0 aromatic rings. The van der Waals surface area contributed by atoms with Crippen molar-refractivity contribution in [2.24, 2.45) is 11.8 Å². The maximum absolute atomic E-state index is 15.2. The summed E-state index contributed by atoms with van der Waals surface area (Å²) in [5.74, 6) is 0.876. The average Bonchev–Trinajstić information content (AvgIpc) is 3.75. The van der Waals surface area contributed by atoms with Gasteiger partial charge in [-0.2, -0.15) is 0 Å². The van der Waals surface area contributed by atoms with Gasteiger partial charge in [0.05, 0.1) is 39.4 Å². The molecule has 9 nitrogen and oxygen atoms in total. The molecule has 4 heterocycles. The third-order valence-corrected chi connectivity index (χ3v) is 19.7. The van der Waals surface area contributed by atoms with Crippen LogP contribution in [0, 0.1) is 11.8 Å². The van der Waals surface area contributed by atoms with Crippen LogP contribution in [0.1, 0.15) is 110 Å². The number of hydrogen-bond acceptors (Lipinski definition) is 6. The van der Waals surface area contributed by atoms with Gasteiger partial charge >= 0.3 is 0 Å². The van der Waals surface area contributed by atoms with Crippen molar-refractivity contribution in [3.8, 4) is 0 Å². The summed E-state index contributed by atoms with van der Waals surface area (Å²) in [7, 11) is -0.243. The van der Waals surface area contributed by atoms with Gasteiger partial charge in [-0.3, -0.25) is 14.4 Å². The van der Waals surface area contributed by atoms with Crippen molar-refractivity contribution in [1.82, 2.24) is 14.7 Å². The fourth-order valence-electron chi connectivity index (χ4n) is 11.8. The topological polar surface area (TPSA) is 99.6 Å². The Kier molecular flexibility index (Phi) is 9.94. The van der Waals surface area contributed by atoms with Crippen LogP contribution in [0.2, 0.25) is 24.2 Å². The highest BCUT2D eigenvalue weighted by molar-refractivity contribution is 6.80. The maximum Gasteiger partial charge on any atom is 0.263 e. The monoisotopic (exact) mass is 683 g/mol. The quantitative estimate of drug-likeness (QED) is 0.250. The Morgan fingerprint density at radius 3 is 2.44 bits per heavy atom. The van der Waals surface area contributed by atoms with Gasteiger partial charge in [0.15, 0.2) is 5.60 Å². The molecule has 3 amide bonds. The van der Waals surface area contributed by atoms with E-state index in [1.807, 2.05) is 12.0 Å². The summed E-state index contributed by atoms with van der Waals surface area (Å²) in [4.78, 5) is 47.7. The number of hydrogen-bond donors (Lipinski definition) is 1. The average molecular weight is 684 g/mol. The Labute approximate surface area is 289 Å². The molecule has 7 rings (SSSR count). The molecule has 2 unspecified atom stereocenters. The van der Waals surface area contributed by atoms with Gasteiger partial charge in [0.25, 0.3) is 5.91 Å². The zero-order chi connectivity index (χ0) is 33.8. The first-order valence-electron chi connectivity index (χ1n) is 19.5. The number of aliphatic hydroxyl groups excluding tert-OH is 1. The molecule has 10 heteroatoms. The molecule has 7 atom stereocenters. The van der Waals surface area contributed by atoms with Gasteiger partial charge in [-0.05, 0) is 93.2 Å². The summed E-state index contributed by atoms with van der Waals surface area (Å²) in [5, 5.41) is 10.0. The third kappa shape index (κ3) is 5.82. The molecule has 268 valence electrons. The standard InChI is InChI=1S/C38H61N3O6Si/c1-25-36(48(3,4)30-16-14-29(46-2)15-17-30)33(22-35(44)39-19-8-11-28(39)24-42)47-38(25)31-12-5-6-13-32(31)41(37(38)45)23-26-9-7-10-27(21-26)40-20-18-34(40)43/h25-30,33,36,42H,5-24H2,1-4H3/t25-,26?,27?,28+,29?,30?,33+,36-,38+/m1/s1. The van der Waals surface area contributed by atoms with Gasteiger partial charge in [-0.1, -0.05) is 39.3 Å². The van der Waals surface area contributed by atoms with E-state index in [2.05, 4.69) is 29.8 Å². The molecule has 0 aromatic carbocycles. The summed E-state index contributed by atoms with van der Waals surface area (Å²) in [6.45, 7) is 9.63. The molecule has 0 bridgehead atoms. The summed E-state index contributed by atoms with van der Waals surface area (Å²) in [6, 6.07) is 0.201. The van der Waals surface area contributed by atoms with Crippen molar-refractivity contribution in [1.29, 1.82) is 0 Å². The fourth-order valence-corrected chi connectivity index (χ4v) is 16.8. The van der Waals surface area contributed by atoms with Crippen molar-refractivity contribution in [2.45, 2.75) is 164 Å². The number of ether oxygens (including phenoxy) is 2. The van der Waals surface area contributed by atoms with E-state index < -0.39 is 13.7 Å². The van der Waals surface area contributed by atoms with E-state index in [4.69, 9.17) is 9.47 Å². The van der Waals surface area contributed by atoms with E-state index in [9.17, 15) is 14.7 Å². The predicted octanol–water partition coefficient (Wildman–Crippen LogP) is 5.63. The van der Waals surface area contributed by atoms with Crippen LogP contribution in [0.15, 0.2) is 11.3 Å². The molecule has 0 radical (unpaired) electrons. The van der Waals surface area contributed by atoms with Crippen LogP contribution in [-0.2, 0) is 23.9 Å². The highest BCUT2D eigenvalue weighted by Gasteiger charge is 2.67. The molecule has 0 aromatic heterocycles. The van der Waals surface area contributed by atoms with E-state index in [-0.39, 0.29) is 47.9 Å². The van der Waals surface area contributed by atoms with Gasteiger partial charge < -0.3 is 29.3 Å². The molecule has 5 fully saturated rings. The smallest absolute Gasteiger partial charge is 0.263 e. The number of rotatable bonds is 9. The molecule has 2 saturated carbocycles. The minimum absolute atomic E-state index is 0.00164. The lowest BCUT2D eigenvalue weighted by Crippen LogP contribution is -2.53. The van der Waals surface area contributed by atoms with Crippen molar-refractivity contribution in [3.05, 3.63) is 11.3 Å². The number of carbonyl (C=O) groups excluding carboxylic acids is 3. The van der Waals surface area contributed by atoms with Crippen LogP contribution < -0.4 is 0 Å². The first-order chi connectivity index (χ1) is 23.1. The van der Waals surface area contributed by atoms with E-state index in [1.54, 1.807) is 0 Å². The lowest BCUT2D eigenvalue weighted by molar-refractivity contribution is -0.153. The summed E-state index contributed by atoms with van der Waals surface area (Å²) in [5.41, 5.74) is 2.23. The summed E-state index contributed by atoms with van der Waals surface area (Å²) < 4.78 is 13.1. The van der Waals surface area contributed by atoms with Crippen LogP contribution in [0.5, 0.6) is 0 Å². The van der Waals surface area contributed by atoms with Crippen LogP contribution in [0.3, 0.4) is 0 Å². The number of methoxy groups -OCH3 is 1. The van der Waals surface area contributed by atoms with Crippen LogP contribution in [0.4, 0.5) is 0 Å². The van der Waals surface area contributed by atoms with Crippen LogP contribution >= 0.6 is 0 Å². The van der Waals surface area contributed by atoms with Crippen molar-refractivity contribution < 1.29 is 29.0 Å². The first-order valence-corrected chi connectivity index (χ1v) is 22.7. The molecule has 48 heavy (non-hydrogen) atoms. The number of β-lactam (4-membered cyclic amide) rings is 1. The fraction of sp³-hybridized carbons (Fsp3) is 0.868. The number of aliphatic hydroxyl groups is 1. The molecular formula is C38H61N3O6Si. The van der Waals surface area contributed by atoms with E-state index in [0.29, 0.717) is 43.0 Å². The van der Waals surface area contributed by atoms with Crippen LogP contribution in [-0.4, -0.2) is 109 Å². The summed E-state index contributed by atoms with van der Waals surface area (Å²) >= 11 is 0. The van der Waals surface area contributed by atoms with Crippen molar-refractivity contribution in [2.75, 3.05) is 33.4 Å². The highest BCUT2D eigenvalue weighted by Crippen LogP contribution is 2.61. The number of likely N-dealkylation sites (tertiary alicyclic amines) is 2.